The molecule has 0 spiro atoms. The Kier molecular flexibility index (Phi) is 6.78. The van der Waals surface area contributed by atoms with Crippen LogP contribution in [0.3, 0.4) is 0 Å². The molecule has 102 valence electrons. The first kappa shape index (κ1) is 15.7. The molecule has 7 nitrogen and oxygen atoms in total. The summed E-state index contributed by atoms with van der Waals surface area (Å²) in [7, 11) is 0. The van der Waals surface area contributed by atoms with Gasteiger partial charge in [-0.1, -0.05) is 33.2 Å². The number of carbonyl (C=O) groups excluding carboxylic acids is 1. The number of esters is 1. The first-order valence-electron chi connectivity index (χ1n) is 5.50. The SMILES string of the molecule is [N-]=[N+]=NC/C=C/COC(=O)C(=[N+]=[N-])c1ccc(Br)cc1. The number of hydrogen-bond donors (Lipinski definition) is 0. The molecule has 0 saturated heterocycles. The van der Waals surface area contributed by atoms with Crippen LogP contribution in [0, 0.1) is 0 Å². The van der Waals surface area contributed by atoms with E-state index in [4.69, 9.17) is 15.8 Å². The molecule has 0 aromatic heterocycles. The second-order valence-electron chi connectivity index (χ2n) is 3.44. The van der Waals surface area contributed by atoms with Crippen LogP contribution < -0.4 is 0 Å². The predicted octanol–water partition coefficient (Wildman–Crippen LogP) is 2.88. The number of carbonyl (C=O) groups is 1. The molecule has 0 N–H and O–H groups in total. The Balaban J connectivity index is 2.61. The number of halogens is 1. The highest BCUT2D eigenvalue weighted by molar-refractivity contribution is 9.10. The Morgan fingerprint density at radius 2 is 2.00 bits per heavy atom. The Labute approximate surface area is 123 Å². The second-order valence-corrected chi connectivity index (χ2v) is 4.35. The molecular weight excluding hydrogens is 326 g/mol. The molecule has 0 atom stereocenters. The maximum atomic E-state index is 11.7. The van der Waals surface area contributed by atoms with Gasteiger partial charge in [0.1, 0.15) is 6.61 Å². The van der Waals surface area contributed by atoms with Gasteiger partial charge in [0, 0.05) is 15.9 Å². The zero-order valence-corrected chi connectivity index (χ0v) is 11.9. The molecule has 0 fully saturated rings. The molecule has 1 aromatic carbocycles. The van der Waals surface area contributed by atoms with Gasteiger partial charge in [0.2, 0.25) is 0 Å². The third-order valence-electron chi connectivity index (χ3n) is 2.14. The molecule has 0 amide bonds. The lowest BCUT2D eigenvalue weighted by atomic mass is 10.1. The van der Waals surface area contributed by atoms with Gasteiger partial charge in [-0.05, 0) is 29.8 Å². The van der Waals surface area contributed by atoms with Crippen molar-refractivity contribution in [1.82, 2.24) is 0 Å². The molecule has 0 unspecified atom stereocenters. The van der Waals surface area contributed by atoms with E-state index in [1.165, 1.54) is 6.08 Å². The Morgan fingerprint density at radius 3 is 2.60 bits per heavy atom. The zero-order chi connectivity index (χ0) is 14.8. The molecule has 0 aliphatic heterocycles. The van der Waals surface area contributed by atoms with Gasteiger partial charge in [-0.15, -0.1) is 0 Å². The highest BCUT2D eigenvalue weighted by atomic mass is 79.9. The lowest BCUT2D eigenvalue weighted by molar-refractivity contribution is -0.138. The van der Waals surface area contributed by atoms with Crippen LogP contribution in [0.5, 0.6) is 0 Å². The number of azide groups is 1. The van der Waals surface area contributed by atoms with Crippen molar-refractivity contribution in [3.05, 3.63) is 62.4 Å². The summed E-state index contributed by atoms with van der Waals surface area (Å²) in [5.74, 6) is -0.747. The fourth-order valence-corrected chi connectivity index (χ4v) is 1.51. The maximum absolute atomic E-state index is 11.7. The van der Waals surface area contributed by atoms with Crippen molar-refractivity contribution < 1.29 is 14.3 Å². The van der Waals surface area contributed by atoms with Crippen molar-refractivity contribution in [3.63, 3.8) is 0 Å². The van der Waals surface area contributed by atoms with Crippen LogP contribution in [-0.2, 0) is 9.53 Å². The van der Waals surface area contributed by atoms with Gasteiger partial charge in [0.15, 0.2) is 0 Å². The molecular formula is C12H10BrN5O2. The van der Waals surface area contributed by atoms with Gasteiger partial charge in [-0.2, -0.15) is 4.79 Å². The molecule has 0 radical (unpaired) electrons. The van der Waals surface area contributed by atoms with Gasteiger partial charge in [0.25, 0.3) is 0 Å². The van der Waals surface area contributed by atoms with Gasteiger partial charge >= 0.3 is 11.7 Å². The van der Waals surface area contributed by atoms with E-state index >= 15 is 0 Å². The maximum Gasteiger partial charge on any atom is 0.422 e. The van der Waals surface area contributed by atoms with E-state index < -0.39 is 5.97 Å². The molecule has 1 rings (SSSR count). The largest absolute Gasteiger partial charge is 0.453 e. The molecule has 20 heavy (non-hydrogen) atoms. The van der Waals surface area contributed by atoms with Gasteiger partial charge in [-0.3, -0.25) is 0 Å². The number of hydrogen-bond acceptors (Lipinski definition) is 3. The van der Waals surface area contributed by atoms with Crippen LogP contribution in [-0.4, -0.2) is 29.6 Å². The van der Waals surface area contributed by atoms with Crippen LogP contribution in [0.1, 0.15) is 5.56 Å². The minimum atomic E-state index is -0.747. The number of rotatable bonds is 6. The predicted molar refractivity (Wildman–Crippen MR) is 76.0 cm³/mol. The summed E-state index contributed by atoms with van der Waals surface area (Å²) in [6, 6.07) is 6.68. The molecule has 0 aliphatic rings. The summed E-state index contributed by atoms with van der Waals surface area (Å²) in [6.07, 6.45) is 3.09. The summed E-state index contributed by atoms with van der Waals surface area (Å²) in [6.45, 7) is 0.178. The molecule has 0 bridgehead atoms. The van der Waals surface area contributed by atoms with Crippen LogP contribution in [0.2, 0.25) is 0 Å². The Morgan fingerprint density at radius 1 is 1.30 bits per heavy atom. The first-order valence-corrected chi connectivity index (χ1v) is 6.29. The molecule has 0 saturated carbocycles. The summed E-state index contributed by atoms with van der Waals surface area (Å²) >= 11 is 3.26. The van der Waals surface area contributed by atoms with Gasteiger partial charge in [-0.25, -0.2) is 4.79 Å². The summed E-state index contributed by atoms with van der Waals surface area (Å²) < 4.78 is 5.74. The molecule has 0 aliphatic carbocycles. The minimum absolute atomic E-state index is 0.00463. The smallest absolute Gasteiger partial charge is 0.422 e. The summed E-state index contributed by atoms with van der Waals surface area (Å²) in [5, 5.41) is 3.28. The fraction of sp³-hybridized carbons (Fsp3) is 0.167. The normalized spacial score (nSPS) is 9.65. The lowest BCUT2D eigenvalue weighted by Crippen LogP contribution is -2.19. The molecule has 0 heterocycles. The van der Waals surface area contributed by atoms with E-state index in [9.17, 15) is 4.79 Å². The molecule has 1 aromatic rings. The quantitative estimate of drug-likeness (QED) is 0.199. The lowest BCUT2D eigenvalue weighted by Gasteiger charge is -1.98. The Bertz CT molecular complexity index is 599. The van der Waals surface area contributed by atoms with Gasteiger partial charge in [0.05, 0.1) is 5.56 Å². The third-order valence-corrected chi connectivity index (χ3v) is 2.67. The average molecular weight is 336 g/mol. The first-order chi connectivity index (χ1) is 9.69. The van der Waals surface area contributed by atoms with E-state index in [-0.39, 0.29) is 18.9 Å². The number of nitrogens with zero attached hydrogens (tertiary/aromatic N) is 5. The van der Waals surface area contributed by atoms with Gasteiger partial charge < -0.3 is 10.3 Å². The van der Waals surface area contributed by atoms with Crippen LogP contribution in [0.4, 0.5) is 0 Å². The van der Waals surface area contributed by atoms with Crippen molar-refractivity contribution in [1.29, 1.82) is 0 Å². The van der Waals surface area contributed by atoms with Crippen molar-refractivity contribution in [2.45, 2.75) is 0 Å². The summed E-state index contributed by atoms with van der Waals surface area (Å²) in [4.78, 5) is 17.2. The fourth-order valence-electron chi connectivity index (χ4n) is 1.24. The Hall–Kier alpha value is -2.40. The highest BCUT2D eigenvalue weighted by Gasteiger charge is 2.23. The highest BCUT2D eigenvalue weighted by Crippen LogP contribution is 2.11. The summed E-state index contributed by atoms with van der Waals surface area (Å²) in [5.41, 5.74) is 17.2. The number of ether oxygens (including phenoxy) is 1. The third kappa shape index (κ3) is 5.07. The zero-order valence-electron chi connectivity index (χ0n) is 10.3. The van der Waals surface area contributed by atoms with Crippen LogP contribution in [0.15, 0.2) is 46.0 Å². The molecule has 8 heteroatoms. The van der Waals surface area contributed by atoms with E-state index in [0.717, 1.165) is 4.47 Å². The van der Waals surface area contributed by atoms with E-state index in [0.29, 0.717) is 5.56 Å². The van der Waals surface area contributed by atoms with Crippen molar-refractivity contribution in [3.8, 4) is 0 Å². The van der Waals surface area contributed by atoms with E-state index in [1.54, 1.807) is 30.3 Å². The van der Waals surface area contributed by atoms with Crippen molar-refractivity contribution in [2.75, 3.05) is 13.2 Å². The van der Waals surface area contributed by atoms with Crippen LogP contribution in [0.25, 0.3) is 16.0 Å². The van der Waals surface area contributed by atoms with E-state index in [2.05, 4.69) is 30.7 Å². The van der Waals surface area contributed by atoms with Crippen molar-refractivity contribution in [2.24, 2.45) is 5.11 Å². The second kappa shape index (κ2) is 8.66. The number of benzene rings is 1. The average Bonchev–Trinajstić information content (AvgIpc) is 2.45. The van der Waals surface area contributed by atoms with E-state index in [1.807, 2.05) is 0 Å². The van der Waals surface area contributed by atoms with Crippen LogP contribution >= 0.6 is 15.9 Å². The monoisotopic (exact) mass is 335 g/mol. The topological polar surface area (TPSA) is 111 Å². The standard InChI is InChI=1S/C12H10BrN5O2/c13-10-5-3-9(4-6-10)11(17-14)12(19)20-8-2-1-7-16-18-15/h1-6H,7-8H2/b2-1+. The van der Waals surface area contributed by atoms with Crippen molar-refractivity contribution >= 4 is 27.6 Å². The minimum Gasteiger partial charge on any atom is -0.453 e.